The number of rotatable bonds is 6. The van der Waals surface area contributed by atoms with E-state index in [2.05, 4.69) is 38.9 Å². The number of aromatic amines is 1. The molecule has 0 bridgehead atoms. The Balaban J connectivity index is 1.33. The van der Waals surface area contributed by atoms with Crippen molar-refractivity contribution in [2.45, 2.75) is 30.5 Å². The second-order valence-corrected chi connectivity index (χ2v) is 10.1. The number of piperazine rings is 1. The van der Waals surface area contributed by atoms with Gasteiger partial charge in [-0.1, -0.05) is 42.5 Å². The third kappa shape index (κ3) is 3.79. The number of hydrogen-bond acceptors (Lipinski definition) is 5. The molecule has 6 nitrogen and oxygen atoms in total. The first-order valence-electron chi connectivity index (χ1n) is 12.6. The van der Waals surface area contributed by atoms with E-state index in [9.17, 15) is 4.79 Å². The molecule has 4 heterocycles. The van der Waals surface area contributed by atoms with Gasteiger partial charge in [0.25, 0.3) is 0 Å². The van der Waals surface area contributed by atoms with E-state index in [1.54, 1.807) is 0 Å². The van der Waals surface area contributed by atoms with Crippen molar-refractivity contribution in [2.75, 3.05) is 52.9 Å². The zero-order valence-electron chi connectivity index (χ0n) is 20.0. The van der Waals surface area contributed by atoms with E-state index in [0.717, 1.165) is 48.2 Å². The lowest BCUT2D eigenvalue weighted by molar-refractivity contribution is -0.00213. The first kappa shape index (κ1) is 22.0. The smallest absolute Gasteiger partial charge is 0.190 e. The molecule has 0 radical (unpaired) electrons. The number of fused-ring (bicyclic) bond motifs is 1. The molecule has 0 spiro atoms. The van der Waals surface area contributed by atoms with Crippen molar-refractivity contribution in [1.82, 2.24) is 19.7 Å². The molecule has 1 N–H and O–H groups in total. The molecule has 0 saturated carbocycles. The molecule has 3 aromatic rings. The lowest BCUT2D eigenvalue weighted by Crippen LogP contribution is -2.63. The number of nitrogens with zero attached hydrogens (tertiary/aromatic N) is 3. The van der Waals surface area contributed by atoms with E-state index in [-0.39, 0.29) is 11.9 Å². The predicted molar refractivity (Wildman–Crippen MR) is 134 cm³/mol. The molecule has 0 aliphatic carbocycles. The average molecular weight is 459 g/mol. The van der Waals surface area contributed by atoms with E-state index in [1.807, 2.05) is 48.7 Å². The quantitative estimate of drug-likeness (QED) is 0.454. The van der Waals surface area contributed by atoms with Crippen LogP contribution in [0.1, 0.15) is 28.8 Å². The zero-order chi connectivity index (χ0) is 23.1. The molecule has 1 aromatic heterocycles. The Morgan fingerprint density at radius 2 is 1.71 bits per heavy atom. The number of nitrogens with one attached hydrogen (secondary N) is 1. The van der Waals surface area contributed by atoms with Crippen LogP contribution in [0.4, 0.5) is 0 Å². The largest absolute Gasteiger partial charge is 0.370 e. The van der Waals surface area contributed by atoms with Gasteiger partial charge in [0.15, 0.2) is 5.78 Å². The number of hydrogen-bond donors (Lipinski definition) is 1. The van der Waals surface area contributed by atoms with Gasteiger partial charge in [0.1, 0.15) is 11.6 Å². The van der Waals surface area contributed by atoms with Crippen molar-refractivity contribution < 1.29 is 9.53 Å². The van der Waals surface area contributed by atoms with Crippen molar-refractivity contribution in [2.24, 2.45) is 0 Å². The van der Waals surface area contributed by atoms with Crippen LogP contribution < -0.4 is 0 Å². The molecule has 2 atom stereocenters. The standard InChI is InChI=1S/C28H34N4O2/c1-30-13-10-24(11-14-30)31-15-17-32(18-16-31)28(26-20-34-26,23-5-3-2-4-6-23)27(33)22-8-7-21-9-12-29-25(21)19-22/h2-9,12,19,24,26,29H,10-11,13-18,20H2,1H3. The number of piperidine rings is 1. The molecule has 0 amide bonds. The van der Waals surface area contributed by atoms with Crippen molar-refractivity contribution in [3.63, 3.8) is 0 Å². The fourth-order valence-electron chi connectivity index (χ4n) is 6.18. The van der Waals surface area contributed by atoms with Crippen LogP contribution in [0, 0.1) is 0 Å². The second kappa shape index (κ2) is 8.93. The van der Waals surface area contributed by atoms with Crippen LogP contribution in [0.15, 0.2) is 60.8 Å². The number of ketones is 1. The molecule has 2 unspecified atom stereocenters. The summed E-state index contributed by atoms with van der Waals surface area (Å²) < 4.78 is 5.96. The molecule has 6 heteroatoms. The maximum Gasteiger partial charge on any atom is 0.190 e. The third-order valence-electron chi connectivity index (χ3n) is 8.19. The van der Waals surface area contributed by atoms with Gasteiger partial charge in [0.2, 0.25) is 0 Å². The number of carbonyl (C=O) groups excluding carboxylic acids is 1. The van der Waals surface area contributed by atoms with E-state index in [4.69, 9.17) is 4.74 Å². The van der Waals surface area contributed by atoms with Crippen molar-refractivity contribution in [3.05, 3.63) is 71.9 Å². The molecule has 34 heavy (non-hydrogen) atoms. The first-order valence-corrected chi connectivity index (χ1v) is 12.6. The Morgan fingerprint density at radius 1 is 0.971 bits per heavy atom. The Hall–Kier alpha value is -2.51. The fourth-order valence-corrected chi connectivity index (χ4v) is 6.18. The molecule has 3 saturated heterocycles. The fraction of sp³-hybridized carbons (Fsp3) is 0.464. The first-order chi connectivity index (χ1) is 16.7. The van der Waals surface area contributed by atoms with E-state index < -0.39 is 5.54 Å². The van der Waals surface area contributed by atoms with Crippen LogP contribution in [0.3, 0.4) is 0 Å². The molecule has 3 aliphatic rings. The minimum absolute atomic E-state index is 0.114. The van der Waals surface area contributed by atoms with Crippen LogP contribution >= 0.6 is 0 Å². The molecular formula is C28H34N4O2. The normalized spacial score (nSPS) is 24.8. The topological polar surface area (TPSA) is 55.1 Å². The monoisotopic (exact) mass is 458 g/mol. The van der Waals surface area contributed by atoms with Gasteiger partial charge in [-0.15, -0.1) is 0 Å². The van der Waals surface area contributed by atoms with Gasteiger partial charge in [0.05, 0.1) is 6.61 Å². The van der Waals surface area contributed by atoms with Crippen LogP contribution in [0.25, 0.3) is 10.9 Å². The number of likely N-dealkylation sites (tertiary alicyclic amines) is 1. The van der Waals surface area contributed by atoms with Gasteiger partial charge >= 0.3 is 0 Å². The summed E-state index contributed by atoms with van der Waals surface area (Å²) in [5, 5.41) is 1.12. The summed E-state index contributed by atoms with van der Waals surface area (Å²) in [5.41, 5.74) is 1.99. The van der Waals surface area contributed by atoms with Crippen LogP contribution in [0.2, 0.25) is 0 Å². The minimum atomic E-state index is -0.791. The van der Waals surface area contributed by atoms with E-state index in [0.29, 0.717) is 12.6 Å². The highest BCUT2D eigenvalue weighted by atomic mass is 16.6. The number of epoxide rings is 1. The van der Waals surface area contributed by atoms with Crippen molar-refractivity contribution in [3.8, 4) is 0 Å². The summed E-state index contributed by atoms with van der Waals surface area (Å²) in [6, 6.07) is 19.1. The van der Waals surface area contributed by atoms with Gasteiger partial charge in [0, 0.05) is 49.5 Å². The summed E-state index contributed by atoms with van der Waals surface area (Å²) in [7, 11) is 2.22. The minimum Gasteiger partial charge on any atom is -0.370 e. The lowest BCUT2D eigenvalue weighted by Gasteiger charge is -2.48. The van der Waals surface area contributed by atoms with E-state index in [1.165, 1.54) is 25.9 Å². The maximum absolute atomic E-state index is 14.5. The maximum atomic E-state index is 14.5. The van der Waals surface area contributed by atoms with Gasteiger partial charge in [-0.05, 0) is 56.1 Å². The van der Waals surface area contributed by atoms with Crippen molar-refractivity contribution >= 4 is 16.7 Å². The van der Waals surface area contributed by atoms with Gasteiger partial charge < -0.3 is 14.6 Å². The Labute approximate surface area is 201 Å². The van der Waals surface area contributed by atoms with Crippen LogP contribution in [-0.2, 0) is 10.3 Å². The SMILES string of the molecule is CN1CCC(N2CCN(C(C(=O)c3ccc4cc[nH]c4c3)(c3ccccc3)C3CO3)CC2)CC1. The summed E-state index contributed by atoms with van der Waals surface area (Å²) in [5.74, 6) is 0.144. The number of aromatic nitrogens is 1. The highest BCUT2D eigenvalue weighted by Crippen LogP contribution is 2.43. The van der Waals surface area contributed by atoms with Crippen molar-refractivity contribution in [1.29, 1.82) is 0 Å². The molecule has 3 aliphatic heterocycles. The Kier molecular flexibility index (Phi) is 5.77. The predicted octanol–water partition coefficient (Wildman–Crippen LogP) is 3.36. The zero-order valence-corrected chi connectivity index (χ0v) is 20.0. The van der Waals surface area contributed by atoms with Crippen LogP contribution in [-0.4, -0.2) is 90.5 Å². The third-order valence-corrected chi connectivity index (χ3v) is 8.19. The number of benzene rings is 2. The number of Topliss-reactive ketones (excluding diaryl/α,β-unsaturated/α-hetero) is 1. The summed E-state index contributed by atoms with van der Waals surface area (Å²) in [6.45, 7) is 6.72. The Morgan fingerprint density at radius 3 is 2.41 bits per heavy atom. The van der Waals surface area contributed by atoms with Crippen LogP contribution in [0.5, 0.6) is 0 Å². The van der Waals surface area contributed by atoms with E-state index >= 15 is 0 Å². The number of carbonyl (C=O) groups is 1. The van der Waals surface area contributed by atoms with Gasteiger partial charge in [-0.2, -0.15) is 0 Å². The Bertz CT molecular complexity index is 1140. The summed E-state index contributed by atoms with van der Waals surface area (Å²) in [6.07, 6.45) is 4.29. The highest BCUT2D eigenvalue weighted by Gasteiger charge is 2.58. The number of ether oxygens (including phenoxy) is 1. The summed E-state index contributed by atoms with van der Waals surface area (Å²) >= 11 is 0. The number of H-pyrrole nitrogens is 1. The summed E-state index contributed by atoms with van der Waals surface area (Å²) in [4.78, 5) is 25.3. The molecule has 6 rings (SSSR count). The second-order valence-electron chi connectivity index (χ2n) is 10.1. The van der Waals surface area contributed by atoms with Gasteiger partial charge in [-0.3, -0.25) is 14.6 Å². The molecule has 3 fully saturated rings. The molecule has 178 valence electrons. The lowest BCUT2D eigenvalue weighted by atomic mass is 9.77. The average Bonchev–Trinajstić information content (AvgIpc) is 3.62. The molecular weight excluding hydrogens is 424 g/mol. The van der Waals surface area contributed by atoms with Gasteiger partial charge in [-0.25, -0.2) is 0 Å². The highest BCUT2D eigenvalue weighted by molar-refractivity contribution is 6.06. The molecule has 2 aromatic carbocycles.